The molecule has 0 radical (unpaired) electrons. The van der Waals surface area contributed by atoms with Gasteiger partial charge in [-0.15, -0.1) is 0 Å². The second-order valence-corrected chi connectivity index (χ2v) is 4.15. The molecule has 0 aliphatic rings. The number of hydrogen-bond acceptors (Lipinski definition) is 4. The SMILES string of the molecule is COc1cc(F)ccc1Nc1cc(C#N)ccc1C(=O)O. The van der Waals surface area contributed by atoms with E-state index < -0.39 is 11.8 Å². The molecule has 0 aliphatic heterocycles. The molecule has 2 N–H and O–H groups in total. The predicted molar refractivity (Wildman–Crippen MR) is 74.4 cm³/mol. The lowest BCUT2D eigenvalue weighted by molar-refractivity contribution is 0.0698. The third-order valence-electron chi connectivity index (χ3n) is 2.81. The summed E-state index contributed by atoms with van der Waals surface area (Å²) in [5, 5.41) is 20.9. The topological polar surface area (TPSA) is 82.3 Å². The van der Waals surface area contributed by atoms with E-state index in [1.165, 1.54) is 43.5 Å². The van der Waals surface area contributed by atoms with Gasteiger partial charge in [0.2, 0.25) is 0 Å². The van der Waals surface area contributed by atoms with Gasteiger partial charge in [-0.05, 0) is 30.3 Å². The maximum absolute atomic E-state index is 13.2. The van der Waals surface area contributed by atoms with Gasteiger partial charge < -0.3 is 15.2 Å². The monoisotopic (exact) mass is 286 g/mol. The Labute approximate surface area is 120 Å². The van der Waals surface area contributed by atoms with Crippen LogP contribution in [0.25, 0.3) is 0 Å². The molecule has 0 spiro atoms. The van der Waals surface area contributed by atoms with Crippen molar-refractivity contribution in [3.63, 3.8) is 0 Å². The largest absolute Gasteiger partial charge is 0.494 e. The van der Waals surface area contributed by atoms with E-state index in [9.17, 15) is 9.18 Å². The number of rotatable bonds is 4. The van der Waals surface area contributed by atoms with Gasteiger partial charge in [0.25, 0.3) is 0 Å². The minimum Gasteiger partial charge on any atom is -0.494 e. The smallest absolute Gasteiger partial charge is 0.337 e. The van der Waals surface area contributed by atoms with Gasteiger partial charge in [-0.25, -0.2) is 9.18 Å². The summed E-state index contributed by atoms with van der Waals surface area (Å²) in [6, 6.07) is 9.92. The van der Waals surface area contributed by atoms with Crippen molar-refractivity contribution in [2.45, 2.75) is 0 Å². The maximum Gasteiger partial charge on any atom is 0.337 e. The maximum atomic E-state index is 13.2. The van der Waals surface area contributed by atoms with Crippen LogP contribution in [0.1, 0.15) is 15.9 Å². The van der Waals surface area contributed by atoms with E-state index in [1.54, 1.807) is 0 Å². The molecule has 2 aromatic carbocycles. The van der Waals surface area contributed by atoms with E-state index in [2.05, 4.69) is 5.32 Å². The third kappa shape index (κ3) is 3.09. The van der Waals surface area contributed by atoms with Crippen LogP contribution < -0.4 is 10.1 Å². The fraction of sp³-hybridized carbons (Fsp3) is 0.0667. The average Bonchev–Trinajstić information content (AvgIpc) is 2.48. The Morgan fingerprint density at radius 1 is 1.29 bits per heavy atom. The molecule has 0 bridgehead atoms. The summed E-state index contributed by atoms with van der Waals surface area (Å²) in [5.74, 6) is -1.38. The number of halogens is 1. The van der Waals surface area contributed by atoms with Crippen molar-refractivity contribution >= 4 is 17.3 Å². The lowest BCUT2D eigenvalue weighted by Crippen LogP contribution is -2.04. The number of nitrogens with zero attached hydrogens (tertiary/aromatic N) is 1. The van der Waals surface area contributed by atoms with Crippen LogP contribution in [-0.4, -0.2) is 18.2 Å². The molecular formula is C15H11FN2O3. The van der Waals surface area contributed by atoms with Crippen molar-refractivity contribution in [1.29, 1.82) is 5.26 Å². The van der Waals surface area contributed by atoms with Crippen molar-refractivity contribution in [3.05, 3.63) is 53.3 Å². The van der Waals surface area contributed by atoms with Crippen molar-refractivity contribution in [2.24, 2.45) is 0 Å². The molecule has 0 aliphatic carbocycles. The Morgan fingerprint density at radius 3 is 2.67 bits per heavy atom. The van der Waals surface area contributed by atoms with Crippen LogP contribution in [0.2, 0.25) is 0 Å². The van der Waals surface area contributed by atoms with E-state index in [4.69, 9.17) is 15.1 Å². The van der Waals surface area contributed by atoms with Crippen molar-refractivity contribution < 1.29 is 19.0 Å². The number of aromatic carboxylic acids is 1. The molecule has 0 aromatic heterocycles. The number of carbonyl (C=O) groups is 1. The van der Waals surface area contributed by atoms with E-state index >= 15 is 0 Å². The first-order valence-electron chi connectivity index (χ1n) is 5.93. The molecule has 0 saturated carbocycles. The number of anilines is 2. The number of methoxy groups -OCH3 is 1. The Hall–Kier alpha value is -3.07. The van der Waals surface area contributed by atoms with Gasteiger partial charge in [0.15, 0.2) is 0 Å². The second-order valence-electron chi connectivity index (χ2n) is 4.15. The number of nitriles is 1. The van der Waals surface area contributed by atoms with Gasteiger partial charge in [0.05, 0.1) is 35.7 Å². The van der Waals surface area contributed by atoms with Crippen molar-refractivity contribution in [1.82, 2.24) is 0 Å². The summed E-state index contributed by atoms with van der Waals surface area (Å²) in [5.41, 5.74) is 0.937. The highest BCUT2D eigenvalue weighted by Gasteiger charge is 2.13. The van der Waals surface area contributed by atoms with Crippen LogP contribution in [0.5, 0.6) is 5.75 Å². The summed E-state index contributed by atoms with van der Waals surface area (Å²) in [6.07, 6.45) is 0. The predicted octanol–water partition coefficient (Wildman–Crippen LogP) is 3.15. The van der Waals surface area contributed by atoms with Crippen LogP contribution in [0.3, 0.4) is 0 Å². The second kappa shape index (κ2) is 5.92. The molecule has 0 saturated heterocycles. The minimum absolute atomic E-state index is 0.000350. The normalized spacial score (nSPS) is 9.76. The molecular weight excluding hydrogens is 275 g/mol. The van der Waals surface area contributed by atoms with Crippen LogP contribution in [0.4, 0.5) is 15.8 Å². The first kappa shape index (κ1) is 14.3. The molecule has 0 atom stereocenters. The number of nitrogens with one attached hydrogen (secondary N) is 1. The molecule has 0 amide bonds. The summed E-state index contributed by atoms with van der Waals surface area (Å²) >= 11 is 0. The van der Waals surface area contributed by atoms with E-state index in [0.29, 0.717) is 11.3 Å². The Morgan fingerprint density at radius 2 is 2.05 bits per heavy atom. The number of carboxylic acids is 1. The molecule has 106 valence electrons. The van der Waals surface area contributed by atoms with Crippen molar-refractivity contribution in [2.75, 3.05) is 12.4 Å². The quantitative estimate of drug-likeness (QED) is 0.902. The molecule has 5 nitrogen and oxygen atoms in total. The summed E-state index contributed by atoms with van der Waals surface area (Å²) in [6.45, 7) is 0. The summed E-state index contributed by atoms with van der Waals surface area (Å²) in [7, 11) is 1.38. The highest BCUT2D eigenvalue weighted by molar-refractivity contribution is 5.95. The van der Waals surface area contributed by atoms with Crippen LogP contribution >= 0.6 is 0 Å². The van der Waals surface area contributed by atoms with E-state index in [1.807, 2.05) is 6.07 Å². The van der Waals surface area contributed by atoms with Gasteiger partial charge in [0.1, 0.15) is 11.6 Å². The van der Waals surface area contributed by atoms with Gasteiger partial charge in [-0.3, -0.25) is 0 Å². The fourth-order valence-electron chi connectivity index (χ4n) is 1.82. The van der Waals surface area contributed by atoms with Gasteiger partial charge >= 0.3 is 5.97 Å². The highest BCUT2D eigenvalue weighted by Crippen LogP contribution is 2.30. The molecule has 2 aromatic rings. The number of hydrogen-bond donors (Lipinski definition) is 2. The number of benzene rings is 2. The zero-order valence-corrected chi connectivity index (χ0v) is 11.1. The molecule has 0 heterocycles. The summed E-state index contributed by atoms with van der Waals surface area (Å²) < 4.78 is 18.2. The lowest BCUT2D eigenvalue weighted by atomic mass is 10.1. The van der Waals surface area contributed by atoms with Crippen molar-refractivity contribution in [3.8, 4) is 11.8 Å². The molecule has 0 unspecified atom stereocenters. The van der Waals surface area contributed by atoms with Gasteiger partial charge in [-0.2, -0.15) is 5.26 Å². The highest BCUT2D eigenvalue weighted by atomic mass is 19.1. The van der Waals surface area contributed by atoms with Crippen LogP contribution in [0.15, 0.2) is 36.4 Å². The molecule has 2 rings (SSSR count). The van der Waals surface area contributed by atoms with Crippen LogP contribution in [-0.2, 0) is 0 Å². The molecule has 0 fully saturated rings. The minimum atomic E-state index is -1.14. The molecule has 21 heavy (non-hydrogen) atoms. The first-order valence-corrected chi connectivity index (χ1v) is 5.93. The number of carboxylic acid groups (broad SMARTS) is 1. The first-order chi connectivity index (χ1) is 10.0. The standard InChI is InChI=1S/C15H11FN2O3/c1-21-14-7-10(16)3-5-12(14)18-13-6-9(8-17)2-4-11(13)15(19)20/h2-7,18H,1H3,(H,19,20). The Kier molecular flexibility index (Phi) is 4.05. The van der Waals surface area contributed by atoms with E-state index in [0.717, 1.165) is 0 Å². The molecule has 6 heteroatoms. The average molecular weight is 286 g/mol. The van der Waals surface area contributed by atoms with Gasteiger partial charge in [0, 0.05) is 6.07 Å². The zero-order valence-electron chi connectivity index (χ0n) is 11.1. The fourth-order valence-corrected chi connectivity index (χ4v) is 1.82. The summed E-state index contributed by atoms with van der Waals surface area (Å²) in [4.78, 5) is 11.2. The zero-order chi connectivity index (χ0) is 15.4. The third-order valence-corrected chi connectivity index (χ3v) is 2.81. The Bertz CT molecular complexity index is 738. The van der Waals surface area contributed by atoms with E-state index in [-0.39, 0.29) is 17.0 Å². The number of ether oxygens (including phenoxy) is 1. The lowest BCUT2D eigenvalue weighted by Gasteiger charge is -2.13. The Balaban J connectivity index is 2.48. The van der Waals surface area contributed by atoms with Gasteiger partial charge in [-0.1, -0.05) is 0 Å². The van der Waals surface area contributed by atoms with Crippen LogP contribution in [0, 0.1) is 17.1 Å².